The maximum atomic E-state index is 10.7. The lowest BCUT2D eigenvalue weighted by Gasteiger charge is -2.24. The molecule has 0 heterocycles. The summed E-state index contributed by atoms with van der Waals surface area (Å²) in [5.74, 6) is -0.843. The molecule has 0 bridgehead atoms. The molecule has 0 aliphatic carbocycles. The van der Waals surface area contributed by atoms with Crippen LogP contribution in [0.5, 0.6) is 0 Å². The van der Waals surface area contributed by atoms with E-state index in [0.29, 0.717) is 0 Å². The van der Waals surface area contributed by atoms with Gasteiger partial charge in [0.15, 0.2) is 0 Å². The van der Waals surface area contributed by atoms with Crippen molar-refractivity contribution in [1.82, 2.24) is 5.48 Å². The first-order valence-electron chi connectivity index (χ1n) is 3.12. The molecule has 4 heteroatoms. The second kappa shape index (κ2) is 2.98. The van der Waals surface area contributed by atoms with E-state index in [9.17, 15) is 4.79 Å². The fraction of sp³-hybridized carbons (Fsp3) is 0.833. The van der Waals surface area contributed by atoms with Gasteiger partial charge in [0.2, 0.25) is 5.91 Å². The molecular weight excluding hydrogens is 132 g/mol. The Balaban J connectivity index is 4.08. The summed E-state index contributed by atoms with van der Waals surface area (Å²) in [6, 6.07) is 0. The van der Waals surface area contributed by atoms with Crippen molar-refractivity contribution in [1.29, 1.82) is 0 Å². The highest BCUT2D eigenvalue weighted by Crippen LogP contribution is 2.11. The topological polar surface area (TPSA) is 75.3 Å². The van der Waals surface area contributed by atoms with Gasteiger partial charge in [0, 0.05) is 5.54 Å². The number of carbonyl (C=O) groups excluding carboxylic acids is 1. The third-order valence-electron chi connectivity index (χ3n) is 1.62. The Labute approximate surface area is 60.4 Å². The molecule has 0 aliphatic heterocycles. The average Bonchev–Trinajstić information content (AvgIpc) is 1.83. The highest BCUT2D eigenvalue weighted by Gasteiger charge is 2.26. The Morgan fingerprint density at radius 3 is 2.20 bits per heavy atom. The van der Waals surface area contributed by atoms with E-state index in [2.05, 4.69) is 0 Å². The van der Waals surface area contributed by atoms with Crippen LogP contribution in [0.15, 0.2) is 0 Å². The van der Waals surface area contributed by atoms with E-state index in [1.165, 1.54) is 0 Å². The van der Waals surface area contributed by atoms with E-state index in [1.807, 2.05) is 0 Å². The van der Waals surface area contributed by atoms with Crippen LogP contribution in [-0.4, -0.2) is 16.7 Å². The molecule has 0 fully saturated rings. The van der Waals surface area contributed by atoms with E-state index < -0.39 is 17.4 Å². The molecule has 0 rings (SSSR count). The van der Waals surface area contributed by atoms with E-state index in [-0.39, 0.29) is 0 Å². The van der Waals surface area contributed by atoms with E-state index in [0.717, 1.165) is 0 Å². The van der Waals surface area contributed by atoms with Crippen LogP contribution < -0.4 is 11.2 Å². The third kappa shape index (κ3) is 2.33. The van der Waals surface area contributed by atoms with Gasteiger partial charge in [-0.15, -0.1) is 0 Å². The van der Waals surface area contributed by atoms with Crippen LogP contribution in [0.25, 0.3) is 0 Å². The van der Waals surface area contributed by atoms with Crippen molar-refractivity contribution in [2.75, 3.05) is 0 Å². The van der Waals surface area contributed by atoms with Crippen LogP contribution in [0.4, 0.5) is 0 Å². The first kappa shape index (κ1) is 9.39. The quantitative estimate of drug-likeness (QED) is 0.375. The molecule has 0 saturated heterocycles. The molecule has 0 unspecified atom stereocenters. The second-order valence-electron chi connectivity index (χ2n) is 3.02. The van der Waals surface area contributed by atoms with Gasteiger partial charge < -0.3 is 5.73 Å². The van der Waals surface area contributed by atoms with Gasteiger partial charge in [0.05, 0.1) is 5.92 Å². The molecule has 1 atom stereocenters. The highest BCUT2D eigenvalue weighted by molar-refractivity contribution is 5.78. The Morgan fingerprint density at radius 2 is 2.10 bits per heavy atom. The SMILES string of the molecule is C[C@H](C(=O)NO)C(C)(C)N. The van der Waals surface area contributed by atoms with Crippen LogP contribution in [0.1, 0.15) is 20.8 Å². The third-order valence-corrected chi connectivity index (χ3v) is 1.62. The molecule has 0 saturated carbocycles. The summed E-state index contributed by atoms with van der Waals surface area (Å²) >= 11 is 0. The van der Waals surface area contributed by atoms with Crippen LogP contribution in [0.2, 0.25) is 0 Å². The standard InChI is InChI=1S/C6H14N2O2/c1-4(5(9)8-10)6(2,3)7/h4,10H,7H2,1-3H3,(H,8,9)/t4-/m1/s1. The Bertz CT molecular complexity index is 128. The van der Waals surface area contributed by atoms with Crippen LogP contribution in [0, 0.1) is 5.92 Å². The predicted octanol–water partition coefficient (Wildman–Crippen LogP) is -0.135. The minimum absolute atomic E-state index is 0.391. The van der Waals surface area contributed by atoms with Gasteiger partial charge in [-0.05, 0) is 13.8 Å². The van der Waals surface area contributed by atoms with E-state index >= 15 is 0 Å². The molecular formula is C6H14N2O2. The van der Waals surface area contributed by atoms with Gasteiger partial charge in [0.1, 0.15) is 0 Å². The Kier molecular flexibility index (Phi) is 2.80. The van der Waals surface area contributed by atoms with Crippen molar-refractivity contribution < 1.29 is 10.0 Å². The molecule has 10 heavy (non-hydrogen) atoms. The Morgan fingerprint density at radius 1 is 1.70 bits per heavy atom. The molecule has 1 amide bonds. The molecule has 4 nitrogen and oxygen atoms in total. The lowest BCUT2D eigenvalue weighted by molar-refractivity contribution is -0.134. The molecule has 0 aromatic heterocycles. The molecule has 60 valence electrons. The predicted molar refractivity (Wildman–Crippen MR) is 37.4 cm³/mol. The first-order chi connectivity index (χ1) is 4.39. The number of hydroxylamine groups is 1. The summed E-state index contributed by atoms with van der Waals surface area (Å²) in [7, 11) is 0. The van der Waals surface area contributed by atoms with Crippen LogP contribution >= 0.6 is 0 Å². The zero-order valence-corrected chi connectivity index (χ0v) is 6.51. The summed E-state index contributed by atoms with van der Waals surface area (Å²) in [6.07, 6.45) is 0. The van der Waals surface area contributed by atoms with Crippen molar-refractivity contribution in [2.45, 2.75) is 26.3 Å². The van der Waals surface area contributed by atoms with Crippen molar-refractivity contribution in [3.63, 3.8) is 0 Å². The van der Waals surface area contributed by atoms with Crippen molar-refractivity contribution in [3.8, 4) is 0 Å². The number of amides is 1. The largest absolute Gasteiger partial charge is 0.325 e. The lowest BCUT2D eigenvalue weighted by Crippen LogP contribution is -2.46. The summed E-state index contributed by atoms with van der Waals surface area (Å²) in [6.45, 7) is 5.12. The van der Waals surface area contributed by atoms with E-state index in [1.54, 1.807) is 26.3 Å². The summed E-state index contributed by atoms with van der Waals surface area (Å²) in [5, 5.41) is 8.21. The zero-order chi connectivity index (χ0) is 8.36. The molecule has 0 aliphatic rings. The molecule has 0 aromatic rings. The lowest BCUT2D eigenvalue weighted by atomic mass is 9.90. The zero-order valence-electron chi connectivity index (χ0n) is 6.51. The number of carbonyl (C=O) groups is 1. The van der Waals surface area contributed by atoms with E-state index in [4.69, 9.17) is 10.9 Å². The number of nitrogens with two attached hydrogens (primary N) is 1. The van der Waals surface area contributed by atoms with Gasteiger partial charge in [0.25, 0.3) is 0 Å². The van der Waals surface area contributed by atoms with Crippen LogP contribution in [0.3, 0.4) is 0 Å². The number of rotatable bonds is 2. The van der Waals surface area contributed by atoms with Gasteiger partial charge in [-0.25, -0.2) is 5.48 Å². The van der Waals surface area contributed by atoms with Crippen LogP contribution in [-0.2, 0) is 4.79 Å². The first-order valence-corrected chi connectivity index (χ1v) is 3.12. The van der Waals surface area contributed by atoms with Gasteiger partial charge >= 0.3 is 0 Å². The minimum Gasteiger partial charge on any atom is -0.325 e. The normalized spacial score (nSPS) is 14.5. The number of nitrogens with one attached hydrogen (secondary N) is 1. The molecule has 0 spiro atoms. The fourth-order valence-electron chi connectivity index (χ4n) is 0.435. The van der Waals surface area contributed by atoms with Gasteiger partial charge in [-0.3, -0.25) is 10.0 Å². The van der Waals surface area contributed by atoms with Crippen molar-refractivity contribution in [2.24, 2.45) is 11.7 Å². The Hall–Kier alpha value is -0.610. The molecule has 0 radical (unpaired) electrons. The highest BCUT2D eigenvalue weighted by atomic mass is 16.5. The minimum atomic E-state index is -0.590. The fourth-order valence-corrected chi connectivity index (χ4v) is 0.435. The molecule has 4 N–H and O–H groups in total. The summed E-state index contributed by atoms with van der Waals surface area (Å²) in [4.78, 5) is 10.7. The number of hydrogen-bond acceptors (Lipinski definition) is 3. The second-order valence-corrected chi connectivity index (χ2v) is 3.02. The van der Waals surface area contributed by atoms with Crippen molar-refractivity contribution >= 4 is 5.91 Å². The average molecular weight is 146 g/mol. The monoisotopic (exact) mass is 146 g/mol. The summed E-state index contributed by atoms with van der Waals surface area (Å²) < 4.78 is 0. The van der Waals surface area contributed by atoms with Gasteiger partial charge in [-0.1, -0.05) is 6.92 Å². The van der Waals surface area contributed by atoms with Crippen molar-refractivity contribution in [3.05, 3.63) is 0 Å². The maximum Gasteiger partial charge on any atom is 0.247 e. The molecule has 0 aromatic carbocycles. The maximum absolute atomic E-state index is 10.7. The smallest absolute Gasteiger partial charge is 0.247 e. The number of hydrogen-bond donors (Lipinski definition) is 3. The summed E-state index contributed by atoms with van der Waals surface area (Å²) in [5.41, 5.74) is 6.55. The van der Waals surface area contributed by atoms with Gasteiger partial charge in [-0.2, -0.15) is 0 Å².